The van der Waals surface area contributed by atoms with Crippen LogP contribution in [0.4, 0.5) is 4.79 Å². The number of para-hydroxylation sites is 1. The number of nitrogens with one attached hydrogen (secondary N) is 1. The van der Waals surface area contributed by atoms with Gasteiger partial charge in [0.05, 0.1) is 6.61 Å². The van der Waals surface area contributed by atoms with E-state index >= 15 is 0 Å². The Morgan fingerprint density at radius 3 is 2.33 bits per heavy atom. The number of carbonyl (C=O) groups is 1. The Morgan fingerprint density at radius 2 is 1.62 bits per heavy atom. The lowest BCUT2D eigenvalue weighted by Crippen LogP contribution is -2.18. The summed E-state index contributed by atoms with van der Waals surface area (Å²) in [6.07, 6.45) is 0.0840. The lowest BCUT2D eigenvalue weighted by atomic mass is 10.2. The van der Waals surface area contributed by atoms with E-state index < -0.39 is 6.16 Å². The highest BCUT2D eigenvalue weighted by molar-refractivity contribution is 5.63. The number of benzene rings is 2. The summed E-state index contributed by atoms with van der Waals surface area (Å²) in [6, 6.07) is 19.0. The van der Waals surface area contributed by atoms with Crippen LogP contribution in [0.15, 0.2) is 60.7 Å². The van der Waals surface area contributed by atoms with E-state index in [4.69, 9.17) is 9.47 Å². The predicted octanol–water partition coefficient (Wildman–Crippen LogP) is 3.38. The fourth-order valence-electron chi connectivity index (χ4n) is 1.80. The van der Waals surface area contributed by atoms with Gasteiger partial charge in [-0.2, -0.15) is 0 Å². The van der Waals surface area contributed by atoms with E-state index in [0.29, 0.717) is 12.4 Å². The van der Waals surface area contributed by atoms with Crippen molar-refractivity contribution in [3.05, 3.63) is 66.2 Å². The third-order valence-electron chi connectivity index (χ3n) is 2.83. The topological polar surface area (TPSA) is 47.6 Å². The molecule has 4 nitrogen and oxygen atoms in total. The van der Waals surface area contributed by atoms with Crippen LogP contribution in [0.5, 0.6) is 5.75 Å². The van der Waals surface area contributed by atoms with Crippen molar-refractivity contribution in [2.75, 3.05) is 13.2 Å². The molecule has 21 heavy (non-hydrogen) atoms. The minimum Gasteiger partial charge on any atom is -0.434 e. The molecule has 0 spiro atoms. The second-order valence-electron chi connectivity index (χ2n) is 4.53. The summed E-state index contributed by atoms with van der Waals surface area (Å²) in [5, 5.41) is 3.29. The average molecular weight is 285 g/mol. The molecule has 0 aliphatic heterocycles. The van der Waals surface area contributed by atoms with E-state index in [9.17, 15) is 4.79 Å². The highest BCUT2D eigenvalue weighted by Crippen LogP contribution is 2.09. The molecule has 0 unspecified atom stereocenters. The molecule has 0 bridgehead atoms. The molecule has 110 valence electrons. The average Bonchev–Trinajstić information content (AvgIpc) is 2.53. The number of ether oxygens (including phenoxy) is 2. The Labute approximate surface area is 124 Å². The van der Waals surface area contributed by atoms with Gasteiger partial charge in [-0.3, -0.25) is 0 Å². The summed E-state index contributed by atoms with van der Waals surface area (Å²) >= 11 is 0. The third-order valence-corrected chi connectivity index (χ3v) is 2.83. The third kappa shape index (κ3) is 6.10. The predicted molar refractivity (Wildman–Crippen MR) is 81.2 cm³/mol. The minimum absolute atomic E-state index is 0.341. The van der Waals surface area contributed by atoms with Gasteiger partial charge in [-0.1, -0.05) is 48.5 Å². The monoisotopic (exact) mass is 285 g/mol. The van der Waals surface area contributed by atoms with E-state index in [2.05, 4.69) is 17.4 Å². The minimum atomic E-state index is -0.663. The molecule has 0 heterocycles. The van der Waals surface area contributed by atoms with Crippen molar-refractivity contribution in [3.63, 3.8) is 0 Å². The van der Waals surface area contributed by atoms with Gasteiger partial charge in [-0.05, 0) is 30.7 Å². The summed E-state index contributed by atoms with van der Waals surface area (Å²) < 4.78 is 10.0. The van der Waals surface area contributed by atoms with Gasteiger partial charge < -0.3 is 14.8 Å². The molecule has 0 radical (unpaired) electrons. The zero-order chi connectivity index (χ0) is 14.8. The number of carbonyl (C=O) groups excluding carboxylic acids is 1. The van der Waals surface area contributed by atoms with Crippen LogP contribution in [0.2, 0.25) is 0 Å². The second-order valence-corrected chi connectivity index (χ2v) is 4.53. The fraction of sp³-hybridized carbons (Fsp3) is 0.235. The van der Waals surface area contributed by atoms with Crippen LogP contribution in [-0.2, 0) is 11.3 Å². The molecule has 2 rings (SSSR count). The normalized spacial score (nSPS) is 10.1. The smallest absolute Gasteiger partial charge is 0.434 e. The van der Waals surface area contributed by atoms with Crippen molar-refractivity contribution in [1.29, 1.82) is 0 Å². The van der Waals surface area contributed by atoms with Crippen molar-refractivity contribution in [1.82, 2.24) is 5.32 Å². The molecule has 4 heteroatoms. The van der Waals surface area contributed by atoms with Crippen LogP contribution >= 0.6 is 0 Å². The first-order valence-corrected chi connectivity index (χ1v) is 6.99. The zero-order valence-corrected chi connectivity index (χ0v) is 11.8. The van der Waals surface area contributed by atoms with Crippen LogP contribution < -0.4 is 10.1 Å². The molecule has 0 amide bonds. The van der Waals surface area contributed by atoms with Crippen LogP contribution in [0.3, 0.4) is 0 Å². The molecule has 1 N–H and O–H groups in total. The van der Waals surface area contributed by atoms with Gasteiger partial charge in [0.2, 0.25) is 0 Å². The first-order valence-electron chi connectivity index (χ1n) is 6.99. The Balaban J connectivity index is 1.52. The number of rotatable bonds is 7. The summed E-state index contributed by atoms with van der Waals surface area (Å²) in [5.74, 6) is 0.490. The van der Waals surface area contributed by atoms with E-state index in [1.165, 1.54) is 5.56 Å². The zero-order valence-electron chi connectivity index (χ0n) is 11.8. The number of hydrogen-bond acceptors (Lipinski definition) is 4. The Bertz CT molecular complexity index is 528. The highest BCUT2D eigenvalue weighted by Gasteiger charge is 2.04. The largest absolute Gasteiger partial charge is 0.513 e. The van der Waals surface area contributed by atoms with Crippen molar-refractivity contribution >= 4 is 6.16 Å². The molecule has 0 fully saturated rings. The Hall–Kier alpha value is -2.33. The molecule has 0 aromatic heterocycles. The molecule has 0 aliphatic rings. The van der Waals surface area contributed by atoms with Crippen LogP contribution in [0.1, 0.15) is 12.0 Å². The van der Waals surface area contributed by atoms with Gasteiger partial charge in [-0.25, -0.2) is 4.79 Å². The van der Waals surface area contributed by atoms with Crippen LogP contribution in [0.25, 0.3) is 0 Å². The Kier molecular flexibility index (Phi) is 6.29. The summed E-state index contributed by atoms with van der Waals surface area (Å²) in [6.45, 7) is 1.94. The van der Waals surface area contributed by atoms with Crippen molar-refractivity contribution < 1.29 is 14.3 Å². The summed E-state index contributed by atoms with van der Waals surface area (Å²) in [5.41, 5.74) is 1.24. The van der Waals surface area contributed by atoms with Crippen LogP contribution in [-0.4, -0.2) is 19.3 Å². The second kappa shape index (κ2) is 8.76. The molecule has 0 aliphatic carbocycles. The maximum atomic E-state index is 11.4. The van der Waals surface area contributed by atoms with E-state index in [1.807, 2.05) is 24.3 Å². The van der Waals surface area contributed by atoms with Gasteiger partial charge >= 0.3 is 6.16 Å². The van der Waals surface area contributed by atoms with Crippen molar-refractivity contribution in [2.24, 2.45) is 0 Å². The molecular formula is C17H19NO3. The van der Waals surface area contributed by atoms with Crippen molar-refractivity contribution in [3.8, 4) is 5.75 Å². The standard InChI is InChI=1S/C17H19NO3/c19-17(21-16-10-5-2-6-11-16)20-13-7-12-18-14-15-8-3-1-4-9-15/h1-6,8-11,18H,7,12-14H2. The lowest BCUT2D eigenvalue weighted by Gasteiger charge is -2.07. The summed E-state index contributed by atoms with van der Waals surface area (Å²) in [4.78, 5) is 11.4. The molecule has 2 aromatic carbocycles. The van der Waals surface area contributed by atoms with Gasteiger partial charge in [0.1, 0.15) is 5.75 Å². The van der Waals surface area contributed by atoms with Gasteiger partial charge in [0.15, 0.2) is 0 Å². The van der Waals surface area contributed by atoms with E-state index in [0.717, 1.165) is 19.5 Å². The van der Waals surface area contributed by atoms with Crippen LogP contribution in [0, 0.1) is 0 Å². The quantitative estimate of drug-likeness (QED) is 0.481. The SMILES string of the molecule is O=C(OCCCNCc1ccccc1)Oc1ccccc1. The Morgan fingerprint density at radius 1 is 0.952 bits per heavy atom. The molecule has 0 atom stereocenters. The molecule has 0 saturated heterocycles. The first kappa shape index (κ1) is 15.1. The van der Waals surface area contributed by atoms with E-state index in [1.54, 1.807) is 24.3 Å². The maximum absolute atomic E-state index is 11.4. The molecular weight excluding hydrogens is 266 g/mol. The van der Waals surface area contributed by atoms with Gasteiger partial charge in [0, 0.05) is 6.54 Å². The summed E-state index contributed by atoms with van der Waals surface area (Å²) in [7, 11) is 0. The fourth-order valence-corrected chi connectivity index (χ4v) is 1.80. The first-order chi connectivity index (χ1) is 10.3. The highest BCUT2D eigenvalue weighted by atomic mass is 16.7. The van der Waals surface area contributed by atoms with Crippen molar-refractivity contribution in [2.45, 2.75) is 13.0 Å². The number of hydrogen-bond donors (Lipinski definition) is 1. The molecule has 2 aromatic rings. The van der Waals surface area contributed by atoms with E-state index in [-0.39, 0.29) is 0 Å². The van der Waals surface area contributed by atoms with Gasteiger partial charge in [0.25, 0.3) is 0 Å². The maximum Gasteiger partial charge on any atom is 0.513 e. The molecule has 0 saturated carbocycles. The van der Waals surface area contributed by atoms with Gasteiger partial charge in [-0.15, -0.1) is 0 Å². The lowest BCUT2D eigenvalue weighted by molar-refractivity contribution is 0.0980.